The van der Waals surface area contributed by atoms with Crippen LogP contribution in [0.4, 0.5) is 4.39 Å². The molecule has 2 heterocycles. The Labute approximate surface area is 126 Å². The maximum Gasteiger partial charge on any atom is 0.353 e. The lowest BCUT2D eigenvalue weighted by Crippen LogP contribution is -2.35. The molecule has 0 bridgehead atoms. The summed E-state index contributed by atoms with van der Waals surface area (Å²) in [6.07, 6.45) is 0. The zero-order valence-corrected chi connectivity index (χ0v) is 11.9. The highest BCUT2D eigenvalue weighted by atomic mass is 19.1. The van der Waals surface area contributed by atoms with Gasteiger partial charge >= 0.3 is 5.97 Å². The molecule has 2 N–H and O–H groups in total. The summed E-state index contributed by atoms with van der Waals surface area (Å²) < 4.78 is 19.5. The first-order chi connectivity index (χ1) is 10.6. The van der Waals surface area contributed by atoms with Crippen LogP contribution in [0.2, 0.25) is 0 Å². The van der Waals surface area contributed by atoms with Crippen molar-refractivity contribution in [3.63, 3.8) is 0 Å². The number of H-pyrrole nitrogens is 1. The van der Waals surface area contributed by atoms with Crippen LogP contribution < -0.4 is 0 Å². The van der Waals surface area contributed by atoms with Crippen molar-refractivity contribution in [3.05, 3.63) is 41.3 Å². The molecule has 7 heteroatoms. The van der Waals surface area contributed by atoms with E-state index in [1.165, 1.54) is 12.1 Å². The summed E-state index contributed by atoms with van der Waals surface area (Å²) in [5, 5.41) is 15.2. The molecule has 1 fully saturated rings. The lowest BCUT2D eigenvalue weighted by molar-refractivity contribution is 0.0337. The average molecular weight is 305 g/mol. The van der Waals surface area contributed by atoms with Gasteiger partial charge in [0.05, 0.1) is 18.9 Å². The maximum atomic E-state index is 14.2. The lowest BCUT2D eigenvalue weighted by Gasteiger charge is -2.26. The molecule has 0 radical (unpaired) electrons. The number of halogens is 1. The largest absolute Gasteiger partial charge is 0.477 e. The van der Waals surface area contributed by atoms with Gasteiger partial charge in [-0.25, -0.2) is 9.18 Å². The highest BCUT2D eigenvalue weighted by Crippen LogP contribution is 2.22. The van der Waals surface area contributed by atoms with Crippen LogP contribution in [0.25, 0.3) is 11.3 Å². The quantitative estimate of drug-likeness (QED) is 0.899. The molecule has 1 aromatic heterocycles. The molecule has 1 saturated heterocycles. The minimum Gasteiger partial charge on any atom is -0.477 e. The number of hydrogen-bond acceptors (Lipinski definition) is 4. The Morgan fingerprint density at radius 3 is 2.77 bits per heavy atom. The van der Waals surface area contributed by atoms with Crippen molar-refractivity contribution in [3.8, 4) is 11.3 Å². The van der Waals surface area contributed by atoms with Gasteiger partial charge in [-0.1, -0.05) is 12.1 Å². The molecule has 0 amide bonds. The summed E-state index contributed by atoms with van der Waals surface area (Å²) in [5.41, 5.74) is 1.55. The van der Waals surface area contributed by atoms with Crippen molar-refractivity contribution in [1.29, 1.82) is 0 Å². The van der Waals surface area contributed by atoms with Crippen molar-refractivity contribution in [2.75, 3.05) is 26.3 Å². The van der Waals surface area contributed by atoms with E-state index in [0.29, 0.717) is 36.6 Å². The van der Waals surface area contributed by atoms with E-state index in [4.69, 9.17) is 9.84 Å². The molecule has 1 aromatic carbocycles. The summed E-state index contributed by atoms with van der Waals surface area (Å²) in [4.78, 5) is 13.0. The van der Waals surface area contributed by atoms with Crippen LogP contribution in [0.15, 0.2) is 24.3 Å². The monoisotopic (exact) mass is 305 g/mol. The number of rotatable bonds is 4. The molecule has 0 aliphatic carbocycles. The van der Waals surface area contributed by atoms with Gasteiger partial charge in [0.25, 0.3) is 0 Å². The number of nitrogens with one attached hydrogen (secondary N) is 1. The first-order valence-electron chi connectivity index (χ1n) is 7.01. The molecule has 3 rings (SSSR count). The third kappa shape index (κ3) is 3.15. The molecule has 6 nitrogen and oxygen atoms in total. The molecule has 0 unspecified atom stereocenters. The summed E-state index contributed by atoms with van der Waals surface area (Å²) in [5.74, 6) is -1.41. The van der Waals surface area contributed by atoms with Gasteiger partial charge < -0.3 is 9.84 Å². The van der Waals surface area contributed by atoms with Gasteiger partial charge in [-0.05, 0) is 12.1 Å². The van der Waals surface area contributed by atoms with Gasteiger partial charge in [-0.3, -0.25) is 10.00 Å². The molecule has 116 valence electrons. The van der Waals surface area contributed by atoms with E-state index >= 15 is 0 Å². The molecule has 1 aliphatic heterocycles. The van der Waals surface area contributed by atoms with Crippen molar-refractivity contribution < 1.29 is 19.0 Å². The van der Waals surface area contributed by atoms with Gasteiger partial charge in [-0.2, -0.15) is 5.10 Å². The van der Waals surface area contributed by atoms with Crippen LogP contribution in [0.1, 0.15) is 16.1 Å². The number of morpholine rings is 1. The van der Waals surface area contributed by atoms with Gasteiger partial charge in [0.15, 0.2) is 0 Å². The highest BCUT2D eigenvalue weighted by Gasteiger charge is 2.15. The summed E-state index contributed by atoms with van der Waals surface area (Å²) in [6.45, 7) is 3.47. The van der Waals surface area contributed by atoms with Gasteiger partial charge in [0, 0.05) is 30.8 Å². The Morgan fingerprint density at radius 1 is 1.36 bits per heavy atom. The Bertz CT molecular complexity index is 680. The van der Waals surface area contributed by atoms with Crippen LogP contribution in [0.5, 0.6) is 0 Å². The summed E-state index contributed by atoms with van der Waals surface area (Å²) in [6, 6.07) is 6.24. The smallest absolute Gasteiger partial charge is 0.353 e. The molecule has 1 aliphatic rings. The standard InChI is InChI=1S/C15H16FN3O3/c16-12-7-10(13-8-14(15(20)21)18-17-13)1-2-11(12)9-19-3-5-22-6-4-19/h1-2,7-8H,3-6,9H2,(H,17,18)(H,20,21). The van der Waals surface area contributed by atoms with E-state index < -0.39 is 5.97 Å². The molecular formula is C15H16FN3O3. The number of ether oxygens (including phenoxy) is 1. The maximum absolute atomic E-state index is 14.2. The second-order valence-corrected chi connectivity index (χ2v) is 5.17. The number of carbonyl (C=O) groups is 1. The van der Waals surface area contributed by atoms with Crippen molar-refractivity contribution >= 4 is 5.97 Å². The van der Waals surface area contributed by atoms with Gasteiger partial charge in [0.2, 0.25) is 0 Å². The van der Waals surface area contributed by atoms with Crippen molar-refractivity contribution in [2.24, 2.45) is 0 Å². The summed E-state index contributed by atoms with van der Waals surface area (Å²) >= 11 is 0. The Balaban J connectivity index is 1.77. The van der Waals surface area contributed by atoms with Crippen LogP contribution in [-0.2, 0) is 11.3 Å². The molecular weight excluding hydrogens is 289 g/mol. The SMILES string of the molecule is O=C(O)c1cc(-c2ccc(CN3CCOCC3)c(F)c2)n[nH]1. The number of aromatic amines is 1. The van der Waals surface area contributed by atoms with E-state index in [9.17, 15) is 9.18 Å². The topological polar surface area (TPSA) is 78.4 Å². The number of hydrogen-bond donors (Lipinski definition) is 2. The second-order valence-electron chi connectivity index (χ2n) is 5.17. The third-order valence-electron chi connectivity index (χ3n) is 3.65. The highest BCUT2D eigenvalue weighted by molar-refractivity contribution is 5.86. The molecule has 0 saturated carbocycles. The molecule has 0 atom stereocenters. The number of aromatic carboxylic acids is 1. The molecule has 2 aromatic rings. The normalized spacial score (nSPS) is 15.9. The Morgan fingerprint density at radius 2 is 2.14 bits per heavy atom. The van der Waals surface area contributed by atoms with Gasteiger partial charge in [-0.15, -0.1) is 0 Å². The number of carboxylic acid groups (broad SMARTS) is 1. The summed E-state index contributed by atoms with van der Waals surface area (Å²) in [7, 11) is 0. The zero-order valence-electron chi connectivity index (χ0n) is 11.9. The number of nitrogens with zero attached hydrogens (tertiary/aromatic N) is 2. The first-order valence-corrected chi connectivity index (χ1v) is 7.01. The minimum absolute atomic E-state index is 0.0206. The molecule has 0 spiro atoms. The van der Waals surface area contributed by atoms with E-state index in [1.54, 1.807) is 12.1 Å². The predicted molar refractivity (Wildman–Crippen MR) is 77.0 cm³/mol. The first kappa shape index (κ1) is 14.7. The number of benzene rings is 1. The molecule has 22 heavy (non-hydrogen) atoms. The van der Waals surface area contributed by atoms with Crippen LogP contribution in [0, 0.1) is 5.82 Å². The van der Waals surface area contributed by atoms with E-state index in [1.807, 2.05) is 0 Å². The third-order valence-corrected chi connectivity index (χ3v) is 3.65. The number of carboxylic acids is 1. The average Bonchev–Trinajstić information content (AvgIpc) is 3.00. The van der Waals surface area contributed by atoms with Gasteiger partial charge in [0.1, 0.15) is 11.5 Å². The second kappa shape index (κ2) is 6.25. The zero-order chi connectivity index (χ0) is 15.5. The fourth-order valence-electron chi connectivity index (χ4n) is 2.41. The Hall–Kier alpha value is -2.25. The van der Waals surface area contributed by atoms with Crippen LogP contribution in [0.3, 0.4) is 0 Å². The van der Waals surface area contributed by atoms with Crippen molar-refractivity contribution in [1.82, 2.24) is 15.1 Å². The van der Waals surface area contributed by atoms with E-state index in [-0.39, 0.29) is 11.5 Å². The predicted octanol–water partition coefficient (Wildman–Crippen LogP) is 1.75. The number of aromatic nitrogens is 2. The van der Waals surface area contributed by atoms with Crippen LogP contribution in [-0.4, -0.2) is 52.5 Å². The van der Waals surface area contributed by atoms with Crippen LogP contribution >= 0.6 is 0 Å². The van der Waals surface area contributed by atoms with Crippen molar-refractivity contribution in [2.45, 2.75) is 6.54 Å². The van der Waals surface area contributed by atoms with E-state index in [0.717, 1.165) is 13.1 Å². The minimum atomic E-state index is -1.09. The fraction of sp³-hybridized carbons (Fsp3) is 0.333. The van der Waals surface area contributed by atoms with E-state index in [2.05, 4.69) is 15.1 Å². The fourth-order valence-corrected chi connectivity index (χ4v) is 2.41. The Kier molecular flexibility index (Phi) is 4.17. The lowest BCUT2D eigenvalue weighted by atomic mass is 10.1.